The molecule has 0 aromatic carbocycles. The van der Waals surface area contributed by atoms with Crippen molar-refractivity contribution in [3.8, 4) is 11.5 Å². The van der Waals surface area contributed by atoms with Crippen LogP contribution in [0.3, 0.4) is 0 Å². The zero-order valence-corrected chi connectivity index (χ0v) is 6.56. The van der Waals surface area contributed by atoms with Gasteiger partial charge in [-0.25, -0.2) is 4.98 Å². The number of aryl methyl sites for hydroxylation is 1. The summed E-state index contributed by atoms with van der Waals surface area (Å²) in [5.74, 6) is 0.586. The van der Waals surface area contributed by atoms with E-state index in [2.05, 4.69) is 15.2 Å². The Morgan fingerprint density at radius 3 is 2.83 bits per heavy atom. The first-order valence-corrected chi connectivity index (χ1v) is 3.55. The second-order valence-electron chi connectivity index (χ2n) is 2.43. The Morgan fingerprint density at radius 1 is 1.33 bits per heavy atom. The van der Waals surface area contributed by atoms with Crippen LogP contribution in [0.15, 0.2) is 29.1 Å². The molecule has 2 aromatic rings. The number of hydrogen-bond acceptors (Lipinski definition) is 4. The average molecular weight is 161 g/mol. The van der Waals surface area contributed by atoms with Crippen molar-refractivity contribution < 1.29 is 4.42 Å². The van der Waals surface area contributed by atoms with Gasteiger partial charge in [0, 0.05) is 0 Å². The van der Waals surface area contributed by atoms with E-state index in [1.807, 2.05) is 6.92 Å². The van der Waals surface area contributed by atoms with Crippen LogP contribution in [0.4, 0.5) is 0 Å². The molecule has 0 radical (unpaired) electrons. The first-order valence-electron chi connectivity index (χ1n) is 3.55. The lowest BCUT2D eigenvalue weighted by Crippen LogP contribution is -1.81. The maximum absolute atomic E-state index is 5.17. The van der Waals surface area contributed by atoms with Crippen molar-refractivity contribution >= 4 is 0 Å². The van der Waals surface area contributed by atoms with Crippen molar-refractivity contribution in [3.05, 3.63) is 30.4 Å². The molecule has 4 nitrogen and oxygen atoms in total. The van der Waals surface area contributed by atoms with Gasteiger partial charge in [-0.05, 0) is 13.0 Å². The van der Waals surface area contributed by atoms with E-state index < -0.39 is 0 Å². The fourth-order valence-electron chi connectivity index (χ4n) is 0.904. The summed E-state index contributed by atoms with van der Waals surface area (Å²) in [7, 11) is 0. The van der Waals surface area contributed by atoms with Crippen molar-refractivity contribution in [2.45, 2.75) is 6.92 Å². The molecule has 0 atom stereocenters. The smallest absolute Gasteiger partial charge is 0.227 e. The van der Waals surface area contributed by atoms with E-state index in [1.165, 1.54) is 0 Å². The Kier molecular flexibility index (Phi) is 1.59. The van der Waals surface area contributed by atoms with Crippen LogP contribution < -0.4 is 0 Å². The quantitative estimate of drug-likeness (QED) is 0.635. The van der Waals surface area contributed by atoms with Crippen molar-refractivity contribution in [2.75, 3.05) is 0 Å². The molecule has 4 heteroatoms. The number of hydrogen-bond donors (Lipinski definition) is 0. The molecule has 0 amide bonds. The standard InChI is InChI=1S/C8H7N3O/c1-6-5-12-8(11-6)7-2-3-9-10-4-7/h2-5H,1H3. The van der Waals surface area contributed by atoms with Crippen molar-refractivity contribution in [1.29, 1.82) is 0 Å². The summed E-state index contributed by atoms with van der Waals surface area (Å²) in [5, 5.41) is 7.38. The minimum Gasteiger partial charge on any atom is -0.444 e. The molecule has 2 rings (SSSR count). The minimum absolute atomic E-state index is 0.586. The summed E-state index contributed by atoms with van der Waals surface area (Å²) in [5.41, 5.74) is 1.71. The van der Waals surface area contributed by atoms with Crippen molar-refractivity contribution in [1.82, 2.24) is 15.2 Å². The third kappa shape index (κ3) is 1.18. The van der Waals surface area contributed by atoms with Crippen molar-refractivity contribution in [3.63, 3.8) is 0 Å². The molecule has 0 saturated heterocycles. The van der Waals surface area contributed by atoms with Gasteiger partial charge in [0.05, 0.1) is 23.7 Å². The van der Waals surface area contributed by atoms with Crippen LogP contribution >= 0.6 is 0 Å². The van der Waals surface area contributed by atoms with Crippen LogP contribution in [-0.4, -0.2) is 15.2 Å². The lowest BCUT2D eigenvalue weighted by molar-refractivity contribution is 0.573. The molecular weight excluding hydrogens is 154 g/mol. The summed E-state index contributed by atoms with van der Waals surface area (Å²) in [6, 6.07) is 1.80. The van der Waals surface area contributed by atoms with E-state index in [0.717, 1.165) is 11.3 Å². The predicted molar refractivity (Wildman–Crippen MR) is 42.3 cm³/mol. The van der Waals surface area contributed by atoms with E-state index in [0.29, 0.717) is 5.89 Å². The lowest BCUT2D eigenvalue weighted by atomic mass is 10.3. The minimum atomic E-state index is 0.586. The van der Waals surface area contributed by atoms with Crippen LogP contribution in [0.25, 0.3) is 11.5 Å². The zero-order chi connectivity index (χ0) is 8.39. The Balaban J connectivity index is 2.45. The predicted octanol–water partition coefficient (Wildman–Crippen LogP) is 1.44. The van der Waals surface area contributed by atoms with Crippen molar-refractivity contribution in [2.24, 2.45) is 0 Å². The molecule has 0 aliphatic rings. The highest BCUT2D eigenvalue weighted by atomic mass is 16.3. The Hall–Kier alpha value is -1.71. The van der Waals surface area contributed by atoms with Crippen LogP contribution in [0.2, 0.25) is 0 Å². The Morgan fingerprint density at radius 2 is 2.25 bits per heavy atom. The molecule has 0 fully saturated rings. The molecular formula is C8H7N3O. The average Bonchev–Trinajstić information content (AvgIpc) is 2.54. The molecule has 0 saturated carbocycles. The molecule has 0 aliphatic carbocycles. The fourth-order valence-corrected chi connectivity index (χ4v) is 0.904. The molecule has 60 valence electrons. The Labute approximate surface area is 69.3 Å². The van der Waals surface area contributed by atoms with Gasteiger partial charge in [-0.2, -0.15) is 10.2 Å². The topological polar surface area (TPSA) is 51.8 Å². The van der Waals surface area contributed by atoms with Crippen LogP contribution in [0.5, 0.6) is 0 Å². The van der Waals surface area contributed by atoms with E-state index in [1.54, 1.807) is 24.7 Å². The van der Waals surface area contributed by atoms with Gasteiger partial charge >= 0.3 is 0 Å². The normalized spacial score (nSPS) is 10.1. The lowest BCUT2D eigenvalue weighted by Gasteiger charge is -1.89. The fraction of sp³-hybridized carbons (Fsp3) is 0.125. The van der Waals surface area contributed by atoms with Gasteiger partial charge in [0.25, 0.3) is 0 Å². The van der Waals surface area contributed by atoms with Gasteiger partial charge in [-0.1, -0.05) is 0 Å². The van der Waals surface area contributed by atoms with Gasteiger partial charge in [0.15, 0.2) is 0 Å². The molecule has 2 heterocycles. The largest absolute Gasteiger partial charge is 0.444 e. The van der Waals surface area contributed by atoms with Crippen LogP contribution in [0.1, 0.15) is 5.69 Å². The van der Waals surface area contributed by atoms with E-state index in [-0.39, 0.29) is 0 Å². The summed E-state index contributed by atoms with van der Waals surface area (Å²) < 4.78 is 5.17. The molecule has 0 bridgehead atoms. The highest BCUT2D eigenvalue weighted by Gasteiger charge is 2.02. The molecule has 0 unspecified atom stereocenters. The number of aromatic nitrogens is 3. The van der Waals surface area contributed by atoms with E-state index >= 15 is 0 Å². The first kappa shape index (κ1) is 6.97. The first-order chi connectivity index (χ1) is 5.86. The maximum atomic E-state index is 5.17. The second-order valence-corrected chi connectivity index (χ2v) is 2.43. The highest BCUT2D eigenvalue weighted by molar-refractivity contribution is 5.50. The summed E-state index contributed by atoms with van der Waals surface area (Å²) in [6.07, 6.45) is 4.83. The summed E-state index contributed by atoms with van der Waals surface area (Å²) in [6.45, 7) is 1.88. The Bertz CT molecular complexity index is 369. The van der Waals surface area contributed by atoms with Gasteiger partial charge in [-0.3, -0.25) is 0 Å². The molecule has 0 aliphatic heterocycles. The van der Waals surface area contributed by atoms with Gasteiger partial charge in [0.2, 0.25) is 5.89 Å². The second kappa shape index (κ2) is 2.73. The third-order valence-electron chi connectivity index (χ3n) is 1.45. The van der Waals surface area contributed by atoms with Gasteiger partial charge in [-0.15, -0.1) is 0 Å². The summed E-state index contributed by atoms with van der Waals surface area (Å²) >= 11 is 0. The zero-order valence-electron chi connectivity index (χ0n) is 6.56. The SMILES string of the molecule is Cc1coc(-c2ccnnc2)n1. The van der Waals surface area contributed by atoms with E-state index in [9.17, 15) is 0 Å². The maximum Gasteiger partial charge on any atom is 0.227 e. The van der Waals surface area contributed by atoms with Gasteiger partial charge < -0.3 is 4.42 Å². The van der Waals surface area contributed by atoms with E-state index in [4.69, 9.17) is 4.42 Å². The molecule has 0 N–H and O–H groups in total. The highest BCUT2D eigenvalue weighted by Crippen LogP contribution is 2.15. The number of nitrogens with zero attached hydrogens (tertiary/aromatic N) is 3. The number of rotatable bonds is 1. The van der Waals surface area contributed by atoms with Crippen LogP contribution in [-0.2, 0) is 0 Å². The molecule has 0 spiro atoms. The molecule has 2 aromatic heterocycles. The number of oxazole rings is 1. The van der Waals surface area contributed by atoms with Crippen LogP contribution in [0, 0.1) is 6.92 Å². The monoisotopic (exact) mass is 161 g/mol. The third-order valence-corrected chi connectivity index (χ3v) is 1.45. The van der Waals surface area contributed by atoms with Gasteiger partial charge in [0.1, 0.15) is 6.26 Å². The summed E-state index contributed by atoms with van der Waals surface area (Å²) in [4.78, 5) is 4.15. The molecule has 12 heavy (non-hydrogen) atoms.